The second kappa shape index (κ2) is 8.15. The largest absolute Gasteiger partial charge is 0.369 e. The quantitative estimate of drug-likeness (QED) is 0.717. The molecule has 2 rings (SSSR count). The van der Waals surface area contributed by atoms with Gasteiger partial charge >= 0.3 is 0 Å². The van der Waals surface area contributed by atoms with Crippen molar-refractivity contribution in [2.45, 2.75) is 40.7 Å². The fourth-order valence-electron chi connectivity index (χ4n) is 2.82. The molecule has 128 valence electrons. The number of rotatable bonds is 5. The molecule has 0 saturated heterocycles. The highest BCUT2D eigenvalue weighted by Gasteiger charge is 2.08. The predicted molar refractivity (Wildman–Crippen MR) is 110 cm³/mol. The molecule has 0 fully saturated rings. The van der Waals surface area contributed by atoms with E-state index < -0.39 is 0 Å². The number of anilines is 3. The smallest absolute Gasteiger partial charge is 0.175 e. The maximum Gasteiger partial charge on any atom is 0.175 e. The molecule has 0 heterocycles. The summed E-state index contributed by atoms with van der Waals surface area (Å²) in [4.78, 5) is 2.36. The highest BCUT2D eigenvalue weighted by atomic mass is 32.1. The Balaban J connectivity index is 2.01. The van der Waals surface area contributed by atoms with Crippen LogP contribution in [-0.4, -0.2) is 17.7 Å². The van der Waals surface area contributed by atoms with Crippen LogP contribution in [0.5, 0.6) is 0 Å². The van der Waals surface area contributed by atoms with E-state index in [-0.39, 0.29) is 0 Å². The van der Waals surface area contributed by atoms with Crippen molar-refractivity contribution in [1.29, 1.82) is 0 Å². The van der Waals surface area contributed by atoms with Gasteiger partial charge in [-0.3, -0.25) is 0 Å². The molecule has 4 heteroatoms. The van der Waals surface area contributed by atoms with E-state index in [1.54, 1.807) is 0 Å². The van der Waals surface area contributed by atoms with E-state index in [0.717, 1.165) is 17.9 Å². The number of thiocarbonyl (C=S) groups is 1. The normalized spacial score (nSPS) is 10.6. The minimum absolute atomic E-state index is 0.487. The summed E-state index contributed by atoms with van der Waals surface area (Å²) in [6.07, 6.45) is 0. The van der Waals surface area contributed by atoms with Gasteiger partial charge in [-0.25, -0.2) is 0 Å². The lowest BCUT2D eigenvalue weighted by Crippen LogP contribution is -2.30. The first-order valence-corrected chi connectivity index (χ1v) is 8.83. The zero-order valence-corrected chi connectivity index (χ0v) is 16.0. The van der Waals surface area contributed by atoms with Gasteiger partial charge < -0.3 is 15.5 Å². The molecule has 0 aromatic heterocycles. The van der Waals surface area contributed by atoms with Crippen LogP contribution in [0, 0.1) is 13.8 Å². The molecule has 2 aromatic rings. The van der Waals surface area contributed by atoms with Gasteiger partial charge in [0, 0.05) is 29.6 Å². The van der Waals surface area contributed by atoms with E-state index in [1.807, 2.05) is 0 Å². The third-order valence-corrected chi connectivity index (χ3v) is 4.26. The summed E-state index contributed by atoms with van der Waals surface area (Å²) < 4.78 is 0. The molecule has 0 aliphatic rings. The zero-order valence-electron chi connectivity index (χ0n) is 15.2. The summed E-state index contributed by atoms with van der Waals surface area (Å²) in [7, 11) is 0. The van der Waals surface area contributed by atoms with Gasteiger partial charge in [0.1, 0.15) is 0 Å². The van der Waals surface area contributed by atoms with Crippen LogP contribution in [-0.2, 0) is 0 Å². The van der Waals surface area contributed by atoms with Gasteiger partial charge in [-0.15, -0.1) is 0 Å². The Bertz CT molecular complexity index is 693. The topological polar surface area (TPSA) is 27.3 Å². The maximum atomic E-state index is 5.43. The average molecular weight is 342 g/mol. The zero-order chi connectivity index (χ0) is 17.7. The van der Waals surface area contributed by atoms with E-state index in [9.17, 15) is 0 Å². The Labute approximate surface area is 151 Å². The molecular weight excluding hydrogens is 314 g/mol. The molecule has 0 aliphatic heterocycles. The van der Waals surface area contributed by atoms with Gasteiger partial charge in [0.2, 0.25) is 0 Å². The molecule has 0 bridgehead atoms. The van der Waals surface area contributed by atoms with Crippen LogP contribution in [0.4, 0.5) is 17.1 Å². The minimum Gasteiger partial charge on any atom is -0.369 e. The average Bonchev–Trinajstić information content (AvgIpc) is 2.52. The first-order chi connectivity index (χ1) is 11.4. The van der Waals surface area contributed by atoms with Gasteiger partial charge in [0.15, 0.2) is 5.11 Å². The second-order valence-corrected chi connectivity index (χ2v) is 6.73. The summed E-state index contributed by atoms with van der Waals surface area (Å²) in [6.45, 7) is 11.8. The molecule has 0 spiro atoms. The number of aryl methyl sites for hydroxylation is 2. The van der Waals surface area contributed by atoms with E-state index in [0.29, 0.717) is 11.2 Å². The van der Waals surface area contributed by atoms with Crippen LogP contribution < -0.4 is 15.5 Å². The van der Waals surface area contributed by atoms with Crippen molar-refractivity contribution in [3.63, 3.8) is 0 Å². The van der Waals surface area contributed by atoms with Crippen molar-refractivity contribution < 1.29 is 0 Å². The van der Waals surface area contributed by atoms with E-state index >= 15 is 0 Å². The molecule has 0 aliphatic carbocycles. The summed E-state index contributed by atoms with van der Waals surface area (Å²) in [5.74, 6) is 0. The van der Waals surface area contributed by atoms with Crippen LogP contribution in [0.1, 0.15) is 31.9 Å². The Morgan fingerprint density at radius 1 is 1.04 bits per heavy atom. The molecule has 0 amide bonds. The molecule has 24 heavy (non-hydrogen) atoms. The summed E-state index contributed by atoms with van der Waals surface area (Å²) in [5, 5.41) is 7.11. The van der Waals surface area contributed by atoms with E-state index in [2.05, 4.69) is 92.6 Å². The molecule has 0 saturated carbocycles. The van der Waals surface area contributed by atoms with Crippen molar-refractivity contribution in [3.8, 4) is 0 Å². The molecule has 2 aromatic carbocycles. The minimum atomic E-state index is 0.487. The van der Waals surface area contributed by atoms with Gasteiger partial charge in [-0.2, -0.15) is 0 Å². The number of nitrogens with one attached hydrogen (secondary N) is 2. The second-order valence-electron chi connectivity index (χ2n) is 6.32. The number of hydrogen-bond acceptors (Lipinski definition) is 2. The summed E-state index contributed by atoms with van der Waals surface area (Å²) >= 11 is 5.43. The first kappa shape index (κ1) is 18.3. The highest BCUT2D eigenvalue weighted by Crippen LogP contribution is 2.21. The Kier molecular flexibility index (Phi) is 6.21. The molecule has 3 nitrogen and oxygen atoms in total. The molecule has 0 unspecified atom stereocenters. The van der Waals surface area contributed by atoms with Crippen molar-refractivity contribution in [1.82, 2.24) is 0 Å². The Hall–Kier alpha value is -2.07. The Morgan fingerprint density at radius 3 is 2.25 bits per heavy atom. The van der Waals surface area contributed by atoms with Gasteiger partial charge in [-0.1, -0.05) is 17.7 Å². The lowest BCUT2D eigenvalue weighted by molar-refractivity contribution is 0.704. The van der Waals surface area contributed by atoms with Gasteiger partial charge in [-0.05, 0) is 82.7 Å². The lowest BCUT2D eigenvalue weighted by Gasteiger charge is -2.27. The van der Waals surface area contributed by atoms with Crippen LogP contribution >= 0.6 is 12.2 Å². The highest BCUT2D eigenvalue weighted by molar-refractivity contribution is 7.80. The summed E-state index contributed by atoms with van der Waals surface area (Å²) in [6, 6.07) is 15.2. The molecule has 2 N–H and O–H groups in total. The molecular formula is C20H27N3S. The number of nitrogens with zero attached hydrogens (tertiary/aromatic N) is 1. The number of hydrogen-bond donors (Lipinski definition) is 2. The van der Waals surface area contributed by atoms with Crippen molar-refractivity contribution in [3.05, 3.63) is 53.6 Å². The number of benzene rings is 2. The lowest BCUT2D eigenvalue weighted by atomic mass is 10.1. The van der Waals surface area contributed by atoms with Crippen LogP contribution in [0.15, 0.2) is 42.5 Å². The standard InChI is InChI=1S/C20H27N3S/c1-6-23(14(2)3)18-10-8-17(9-11-18)21-20(24)22-19-12-7-15(4)13-16(19)5/h7-14H,6H2,1-5H3,(H2,21,22,24). The predicted octanol–water partition coefficient (Wildman–Crippen LogP) is 5.35. The van der Waals surface area contributed by atoms with Crippen molar-refractivity contribution in [2.75, 3.05) is 22.1 Å². The van der Waals surface area contributed by atoms with Gasteiger partial charge in [0.05, 0.1) is 0 Å². The van der Waals surface area contributed by atoms with Gasteiger partial charge in [0.25, 0.3) is 0 Å². The third kappa shape index (κ3) is 4.71. The fraction of sp³-hybridized carbons (Fsp3) is 0.350. The van der Waals surface area contributed by atoms with Crippen LogP contribution in [0.2, 0.25) is 0 Å². The van der Waals surface area contributed by atoms with Crippen LogP contribution in [0.25, 0.3) is 0 Å². The SMILES string of the molecule is CCN(c1ccc(NC(=S)Nc2ccc(C)cc2C)cc1)C(C)C. The monoisotopic (exact) mass is 341 g/mol. The van der Waals surface area contributed by atoms with Crippen molar-refractivity contribution >= 4 is 34.4 Å². The first-order valence-electron chi connectivity index (χ1n) is 8.42. The molecule has 0 radical (unpaired) electrons. The van der Waals surface area contributed by atoms with Crippen molar-refractivity contribution in [2.24, 2.45) is 0 Å². The third-order valence-electron chi connectivity index (χ3n) is 4.05. The van der Waals surface area contributed by atoms with E-state index in [1.165, 1.54) is 16.8 Å². The summed E-state index contributed by atoms with van der Waals surface area (Å²) in [5.41, 5.74) is 5.68. The van der Waals surface area contributed by atoms with E-state index in [4.69, 9.17) is 12.2 Å². The molecule has 0 atom stereocenters. The Morgan fingerprint density at radius 2 is 1.71 bits per heavy atom. The maximum absolute atomic E-state index is 5.43. The fourth-order valence-corrected chi connectivity index (χ4v) is 3.05. The van der Waals surface area contributed by atoms with Crippen LogP contribution in [0.3, 0.4) is 0 Å².